The Kier molecular flexibility index (Phi) is 7.86. The van der Waals surface area contributed by atoms with Gasteiger partial charge in [0.2, 0.25) is 0 Å². The minimum Gasteiger partial charge on any atom is -0.330 e. The molecule has 1 N–H and O–H groups in total. The molecule has 2 atom stereocenters. The second kappa shape index (κ2) is 9.42. The fourth-order valence-corrected chi connectivity index (χ4v) is 4.84. The summed E-state index contributed by atoms with van der Waals surface area (Å²) in [6, 6.07) is 1.49. The van der Waals surface area contributed by atoms with Gasteiger partial charge in [0.15, 0.2) is 0 Å². The zero-order valence-corrected chi connectivity index (χ0v) is 16.2. The zero-order valence-electron chi connectivity index (χ0n) is 14.5. The fourth-order valence-electron chi connectivity index (χ4n) is 4.84. The average molecular weight is 375 g/mol. The number of aromatic nitrogens is 2. The number of rotatable bonds is 3. The van der Waals surface area contributed by atoms with Crippen molar-refractivity contribution in [2.75, 3.05) is 19.6 Å². The minimum absolute atomic E-state index is 0. The van der Waals surface area contributed by atoms with Gasteiger partial charge >= 0.3 is 0 Å². The molecule has 0 spiro atoms. The molecule has 2 aliphatic heterocycles. The van der Waals surface area contributed by atoms with Crippen LogP contribution in [0.5, 0.6) is 0 Å². The summed E-state index contributed by atoms with van der Waals surface area (Å²) in [6.45, 7) is 4.84. The molecule has 1 aromatic heterocycles. The number of likely N-dealkylation sites (tertiary alicyclic amines) is 1. The van der Waals surface area contributed by atoms with Crippen LogP contribution in [-0.4, -0.2) is 40.1 Å². The summed E-state index contributed by atoms with van der Waals surface area (Å²) in [5.41, 5.74) is 1.44. The van der Waals surface area contributed by atoms with Crippen molar-refractivity contribution in [2.24, 2.45) is 5.92 Å². The van der Waals surface area contributed by atoms with E-state index in [-0.39, 0.29) is 24.8 Å². The van der Waals surface area contributed by atoms with Crippen LogP contribution in [0.25, 0.3) is 0 Å². The van der Waals surface area contributed by atoms with Gasteiger partial charge in [-0.15, -0.1) is 24.8 Å². The lowest BCUT2D eigenvalue weighted by Gasteiger charge is -2.42. The van der Waals surface area contributed by atoms with Gasteiger partial charge in [0.05, 0.1) is 12.0 Å². The molecule has 3 aliphatic rings. The van der Waals surface area contributed by atoms with Gasteiger partial charge in [-0.2, -0.15) is 0 Å². The van der Waals surface area contributed by atoms with E-state index >= 15 is 0 Å². The largest absolute Gasteiger partial charge is 0.330 e. The van der Waals surface area contributed by atoms with E-state index in [0.29, 0.717) is 6.04 Å². The van der Waals surface area contributed by atoms with Crippen molar-refractivity contribution in [1.29, 1.82) is 0 Å². The van der Waals surface area contributed by atoms with Gasteiger partial charge in [0, 0.05) is 37.9 Å². The Bertz CT molecular complexity index is 487. The molecule has 3 fully saturated rings. The molecule has 4 rings (SSSR count). The molecule has 138 valence electrons. The summed E-state index contributed by atoms with van der Waals surface area (Å²) in [5.74, 6) is 0.869. The first-order valence-corrected chi connectivity index (χ1v) is 9.36. The maximum Gasteiger partial charge on any atom is 0.0951 e. The summed E-state index contributed by atoms with van der Waals surface area (Å²) >= 11 is 0. The molecule has 6 heteroatoms. The predicted octanol–water partition coefficient (Wildman–Crippen LogP) is 3.81. The van der Waals surface area contributed by atoms with Gasteiger partial charge < -0.3 is 9.88 Å². The lowest BCUT2D eigenvalue weighted by molar-refractivity contribution is 0.106. The zero-order chi connectivity index (χ0) is 14.8. The van der Waals surface area contributed by atoms with Crippen LogP contribution in [0.15, 0.2) is 12.5 Å². The lowest BCUT2D eigenvalue weighted by atomic mass is 9.85. The van der Waals surface area contributed by atoms with E-state index < -0.39 is 0 Å². The van der Waals surface area contributed by atoms with Crippen LogP contribution in [0, 0.1) is 5.92 Å². The van der Waals surface area contributed by atoms with Crippen molar-refractivity contribution in [3.8, 4) is 0 Å². The van der Waals surface area contributed by atoms with Crippen molar-refractivity contribution < 1.29 is 0 Å². The number of fused-ring (bicyclic) bond motifs is 1. The van der Waals surface area contributed by atoms with Crippen LogP contribution in [-0.2, 0) is 6.54 Å². The second-order valence-corrected chi connectivity index (χ2v) is 7.57. The maximum absolute atomic E-state index is 4.47. The summed E-state index contributed by atoms with van der Waals surface area (Å²) in [5, 5.41) is 3.72. The molecular weight excluding hydrogens is 343 g/mol. The molecule has 1 aromatic rings. The third kappa shape index (κ3) is 4.46. The Morgan fingerprint density at radius 1 is 1.04 bits per heavy atom. The van der Waals surface area contributed by atoms with Crippen LogP contribution in [0.1, 0.15) is 63.1 Å². The lowest BCUT2D eigenvalue weighted by Crippen LogP contribution is -2.51. The summed E-state index contributed by atoms with van der Waals surface area (Å²) in [4.78, 5) is 7.14. The highest BCUT2D eigenvalue weighted by Crippen LogP contribution is 2.30. The predicted molar refractivity (Wildman–Crippen MR) is 103 cm³/mol. The van der Waals surface area contributed by atoms with Crippen LogP contribution in [0.4, 0.5) is 0 Å². The molecule has 0 unspecified atom stereocenters. The normalized spacial score (nSPS) is 28.5. The summed E-state index contributed by atoms with van der Waals surface area (Å²) < 4.78 is 2.49. The number of nitrogens with one attached hydrogen (secondary N) is 1. The second-order valence-electron chi connectivity index (χ2n) is 7.57. The van der Waals surface area contributed by atoms with Crippen LogP contribution in [0.2, 0.25) is 0 Å². The Morgan fingerprint density at radius 3 is 2.71 bits per heavy atom. The van der Waals surface area contributed by atoms with E-state index in [0.717, 1.165) is 18.5 Å². The number of hydrogen-bond acceptors (Lipinski definition) is 3. The van der Waals surface area contributed by atoms with Crippen LogP contribution >= 0.6 is 24.8 Å². The van der Waals surface area contributed by atoms with Crippen molar-refractivity contribution in [3.05, 3.63) is 18.2 Å². The fraction of sp³-hybridized carbons (Fsp3) is 0.833. The SMILES string of the molecule is Cl.Cl.c1ncn(C2CCCCC2)c1CN1CC[C@@H]2NCCC[C@@H]2C1. The number of piperidine rings is 2. The Labute approximate surface area is 158 Å². The molecule has 2 saturated heterocycles. The summed E-state index contributed by atoms with van der Waals surface area (Å²) in [6.07, 6.45) is 15.2. The van der Waals surface area contributed by atoms with E-state index in [2.05, 4.69) is 32.3 Å². The van der Waals surface area contributed by atoms with E-state index in [1.54, 1.807) is 0 Å². The Morgan fingerprint density at radius 2 is 1.88 bits per heavy atom. The molecular formula is C18H32Cl2N4. The standard InChI is InChI=1S/C18H30N4.2ClH/c1-2-6-16(7-3-1)22-14-19-11-17(22)13-21-10-8-18-15(12-21)5-4-9-20-18;;/h11,14-16,18,20H,1-10,12-13H2;2*1H/t15-,18+;;/m1../s1. The Hall–Kier alpha value is -0.290. The third-order valence-corrected chi connectivity index (χ3v) is 6.08. The van der Waals surface area contributed by atoms with Gasteiger partial charge in [-0.25, -0.2) is 4.98 Å². The third-order valence-electron chi connectivity index (χ3n) is 6.08. The van der Waals surface area contributed by atoms with Gasteiger partial charge in [-0.1, -0.05) is 19.3 Å². The van der Waals surface area contributed by atoms with E-state index in [4.69, 9.17) is 0 Å². The average Bonchev–Trinajstić information content (AvgIpc) is 3.04. The van der Waals surface area contributed by atoms with Crippen LogP contribution in [0.3, 0.4) is 0 Å². The number of halogens is 2. The van der Waals surface area contributed by atoms with Gasteiger partial charge in [0.25, 0.3) is 0 Å². The first-order valence-electron chi connectivity index (χ1n) is 9.36. The highest BCUT2D eigenvalue weighted by molar-refractivity contribution is 5.85. The van der Waals surface area contributed by atoms with E-state index in [9.17, 15) is 0 Å². The molecule has 3 heterocycles. The molecule has 0 aromatic carbocycles. The first-order chi connectivity index (χ1) is 10.9. The molecule has 0 radical (unpaired) electrons. The maximum atomic E-state index is 4.47. The van der Waals surface area contributed by atoms with Gasteiger partial charge in [-0.3, -0.25) is 4.90 Å². The van der Waals surface area contributed by atoms with Crippen LogP contribution < -0.4 is 5.32 Å². The van der Waals surface area contributed by atoms with Gasteiger partial charge in [0.1, 0.15) is 0 Å². The number of hydrogen-bond donors (Lipinski definition) is 1. The van der Waals surface area contributed by atoms with Gasteiger partial charge in [-0.05, 0) is 44.6 Å². The minimum atomic E-state index is 0. The first kappa shape index (κ1) is 20.0. The topological polar surface area (TPSA) is 33.1 Å². The molecule has 4 nitrogen and oxygen atoms in total. The monoisotopic (exact) mass is 374 g/mol. The quantitative estimate of drug-likeness (QED) is 0.872. The number of nitrogens with zero attached hydrogens (tertiary/aromatic N) is 3. The molecule has 1 saturated carbocycles. The Balaban J connectivity index is 0.00000104. The van der Waals surface area contributed by atoms with Crippen molar-refractivity contribution >= 4 is 24.8 Å². The highest BCUT2D eigenvalue weighted by atomic mass is 35.5. The van der Waals surface area contributed by atoms with Crippen molar-refractivity contribution in [3.63, 3.8) is 0 Å². The smallest absolute Gasteiger partial charge is 0.0951 e. The molecule has 0 amide bonds. The molecule has 0 bridgehead atoms. The van der Waals surface area contributed by atoms with E-state index in [1.807, 2.05) is 0 Å². The van der Waals surface area contributed by atoms with Crippen molar-refractivity contribution in [1.82, 2.24) is 19.8 Å². The number of imidazole rings is 1. The highest BCUT2D eigenvalue weighted by Gasteiger charge is 2.31. The molecule has 1 aliphatic carbocycles. The van der Waals surface area contributed by atoms with E-state index in [1.165, 1.54) is 76.7 Å². The summed E-state index contributed by atoms with van der Waals surface area (Å²) in [7, 11) is 0. The van der Waals surface area contributed by atoms with Crippen molar-refractivity contribution in [2.45, 2.75) is 70.0 Å². The molecule has 24 heavy (non-hydrogen) atoms.